The number of nitrogens with one attached hydrogen (secondary N) is 1. The fourth-order valence-corrected chi connectivity index (χ4v) is 2.87. The van der Waals surface area contributed by atoms with E-state index in [9.17, 15) is 4.79 Å². The van der Waals surface area contributed by atoms with Crippen molar-refractivity contribution < 1.29 is 9.21 Å². The molecule has 1 N–H and O–H groups in total. The third kappa shape index (κ3) is 3.99. The summed E-state index contributed by atoms with van der Waals surface area (Å²) >= 11 is 0. The van der Waals surface area contributed by atoms with Gasteiger partial charge in [-0.05, 0) is 48.6 Å². The maximum Gasteiger partial charge on any atom is 0.251 e. The summed E-state index contributed by atoms with van der Waals surface area (Å²) in [7, 11) is 0. The molecule has 1 aliphatic carbocycles. The number of carbonyl (C=O) groups is 1. The van der Waals surface area contributed by atoms with E-state index in [4.69, 9.17) is 4.42 Å². The maximum atomic E-state index is 12.4. The second-order valence-corrected chi connectivity index (χ2v) is 6.56. The van der Waals surface area contributed by atoms with E-state index >= 15 is 0 Å². The van der Waals surface area contributed by atoms with E-state index in [1.165, 1.54) is 12.8 Å². The molecule has 1 amide bonds. The van der Waals surface area contributed by atoms with Crippen LogP contribution in [0.4, 0.5) is 0 Å². The van der Waals surface area contributed by atoms with Crippen LogP contribution in [0.2, 0.25) is 0 Å². The molecule has 25 heavy (non-hydrogen) atoms. The largest absolute Gasteiger partial charge is 0.469 e. The first-order valence-electron chi connectivity index (χ1n) is 8.71. The highest BCUT2D eigenvalue weighted by atomic mass is 16.3. The SMILES string of the molecule is O=C(NCCc1ccco1)c1cccc(-c2cnn(CC3CC3)c2)c1. The molecule has 0 unspecified atom stereocenters. The summed E-state index contributed by atoms with van der Waals surface area (Å²) in [6.07, 6.45) is 8.88. The number of aromatic nitrogens is 2. The molecule has 4 rings (SSSR count). The highest BCUT2D eigenvalue weighted by Gasteiger charge is 2.22. The summed E-state index contributed by atoms with van der Waals surface area (Å²) in [5.74, 6) is 1.59. The average Bonchev–Trinajstić information content (AvgIpc) is 3.10. The number of benzene rings is 1. The second kappa shape index (κ2) is 6.97. The molecule has 0 aliphatic heterocycles. The molecule has 128 valence electrons. The van der Waals surface area contributed by atoms with Crippen molar-refractivity contribution in [2.24, 2.45) is 5.92 Å². The quantitative estimate of drug-likeness (QED) is 0.718. The Balaban J connectivity index is 1.39. The lowest BCUT2D eigenvalue weighted by molar-refractivity contribution is 0.0953. The Bertz CT molecular complexity index is 847. The molecule has 2 aromatic heterocycles. The van der Waals surface area contributed by atoms with Gasteiger partial charge in [0.1, 0.15) is 5.76 Å². The summed E-state index contributed by atoms with van der Waals surface area (Å²) < 4.78 is 7.27. The van der Waals surface area contributed by atoms with Crippen molar-refractivity contribution in [3.05, 3.63) is 66.4 Å². The van der Waals surface area contributed by atoms with Crippen LogP contribution in [-0.2, 0) is 13.0 Å². The van der Waals surface area contributed by atoms with Crippen molar-refractivity contribution in [1.29, 1.82) is 0 Å². The van der Waals surface area contributed by atoms with Crippen LogP contribution >= 0.6 is 0 Å². The van der Waals surface area contributed by atoms with E-state index in [1.807, 2.05) is 47.3 Å². The molecule has 5 heteroatoms. The topological polar surface area (TPSA) is 60.1 Å². The van der Waals surface area contributed by atoms with Gasteiger partial charge >= 0.3 is 0 Å². The van der Waals surface area contributed by atoms with Gasteiger partial charge in [-0.1, -0.05) is 12.1 Å². The number of hydrogen-bond donors (Lipinski definition) is 1. The standard InChI is InChI=1S/C20H21N3O2/c24-20(21-9-8-19-5-2-10-25-19)17-4-1-3-16(11-17)18-12-22-23(14-18)13-15-6-7-15/h1-5,10-12,14-15H,6-9,13H2,(H,21,24). The van der Waals surface area contributed by atoms with Crippen molar-refractivity contribution >= 4 is 5.91 Å². The summed E-state index contributed by atoms with van der Waals surface area (Å²) in [5, 5.41) is 7.37. The van der Waals surface area contributed by atoms with Gasteiger partial charge in [-0.25, -0.2) is 0 Å². The zero-order chi connectivity index (χ0) is 17.1. The minimum Gasteiger partial charge on any atom is -0.469 e. The summed E-state index contributed by atoms with van der Waals surface area (Å²) in [6.45, 7) is 1.54. The first-order chi connectivity index (χ1) is 12.3. The molecule has 1 fully saturated rings. The van der Waals surface area contributed by atoms with E-state index in [1.54, 1.807) is 6.26 Å². The Hall–Kier alpha value is -2.82. The number of furan rings is 1. The average molecular weight is 335 g/mol. The van der Waals surface area contributed by atoms with E-state index in [0.29, 0.717) is 18.5 Å². The molecule has 2 heterocycles. The third-order valence-electron chi connectivity index (χ3n) is 4.47. The van der Waals surface area contributed by atoms with E-state index < -0.39 is 0 Å². The molecule has 1 saturated carbocycles. The molecule has 0 atom stereocenters. The minimum absolute atomic E-state index is 0.0706. The molecule has 0 bridgehead atoms. The normalized spacial score (nSPS) is 13.8. The van der Waals surface area contributed by atoms with Gasteiger partial charge in [0, 0.05) is 36.8 Å². The summed E-state index contributed by atoms with van der Waals surface area (Å²) in [5.41, 5.74) is 2.72. The molecule has 3 aromatic rings. The molecule has 5 nitrogen and oxygen atoms in total. The predicted octanol–water partition coefficient (Wildman–Crippen LogP) is 3.53. The highest BCUT2D eigenvalue weighted by molar-refractivity contribution is 5.95. The van der Waals surface area contributed by atoms with Crippen LogP contribution in [0, 0.1) is 5.92 Å². The molecule has 1 aliphatic rings. The van der Waals surface area contributed by atoms with Gasteiger partial charge in [-0.2, -0.15) is 5.10 Å². The number of amides is 1. The molecule has 0 saturated heterocycles. The zero-order valence-corrected chi connectivity index (χ0v) is 14.0. The smallest absolute Gasteiger partial charge is 0.251 e. The van der Waals surface area contributed by atoms with Crippen molar-refractivity contribution in [2.45, 2.75) is 25.8 Å². The first kappa shape index (κ1) is 15.7. The fraction of sp³-hybridized carbons (Fsp3) is 0.300. The Morgan fingerprint density at radius 3 is 2.96 bits per heavy atom. The molecule has 1 aromatic carbocycles. The van der Waals surface area contributed by atoms with Crippen molar-refractivity contribution in [2.75, 3.05) is 6.54 Å². The van der Waals surface area contributed by atoms with Crippen LogP contribution < -0.4 is 5.32 Å². The lowest BCUT2D eigenvalue weighted by atomic mass is 10.1. The second-order valence-electron chi connectivity index (χ2n) is 6.56. The monoisotopic (exact) mass is 335 g/mol. The predicted molar refractivity (Wildman–Crippen MR) is 95.1 cm³/mol. The van der Waals surface area contributed by atoms with Gasteiger partial charge in [0.05, 0.1) is 12.5 Å². The third-order valence-corrected chi connectivity index (χ3v) is 4.47. The lowest BCUT2D eigenvalue weighted by Crippen LogP contribution is -2.25. The fourth-order valence-electron chi connectivity index (χ4n) is 2.87. The number of carbonyl (C=O) groups excluding carboxylic acids is 1. The molecular weight excluding hydrogens is 314 g/mol. The summed E-state index contributed by atoms with van der Waals surface area (Å²) in [6, 6.07) is 11.4. The minimum atomic E-state index is -0.0706. The van der Waals surface area contributed by atoms with Crippen LogP contribution in [0.15, 0.2) is 59.5 Å². The Morgan fingerprint density at radius 2 is 2.16 bits per heavy atom. The van der Waals surface area contributed by atoms with Gasteiger partial charge in [-0.3, -0.25) is 9.48 Å². The first-order valence-corrected chi connectivity index (χ1v) is 8.71. The van der Waals surface area contributed by atoms with Crippen molar-refractivity contribution in [3.63, 3.8) is 0 Å². The van der Waals surface area contributed by atoms with E-state index in [0.717, 1.165) is 29.3 Å². The number of rotatable bonds is 7. The van der Waals surface area contributed by atoms with Crippen molar-refractivity contribution in [1.82, 2.24) is 15.1 Å². The van der Waals surface area contributed by atoms with Crippen LogP contribution in [0.1, 0.15) is 29.0 Å². The molecule has 0 radical (unpaired) electrons. The Labute approximate surface area is 146 Å². The van der Waals surface area contributed by atoms with E-state index in [-0.39, 0.29) is 5.91 Å². The molecule has 0 spiro atoms. The Morgan fingerprint density at radius 1 is 1.24 bits per heavy atom. The van der Waals surface area contributed by atoms with Gasteiger partial charge in [0.25, 0.3) is 5.91 Å². The lowest BCUT2D eigenvalue weighted by Gasteiger charge is -2.06. The van der Waals surface area contributed by atoms with Crippen LogP contribution in [-0.4, -0.2) is 22.2 Å². The van der Waals surface area contributed by atoms with E-state index in [2.05, 4.69) is 16.6 Å². The van der Waals surface area contributed by atoms with Crippen LogP contribution in [0.5, 0.6) is 0 Å². The number of hydrogen-bond acceptors (Lipinski definition) is 3. The Kier molecular flexibility index (Phi) is 4.37. The van der Waals surface area contributed by atoms with Crippen LogP contribution in [0.3, 0.4) is 0 Å². The van der Waals surface area contributed by atoms with Crippen LogP contribution in [0.25, 0.3) is 11.1 Å². The van der Waals surface area contributed by atoms with Gasteiger partial charge in [0.2, 0.25) is 0 Å². The number of nitrogens with zero attached hydrogens (tertiary/aromatic N) is 2. The van der Waals surface area contributed by atoms with Gasteiger partial charge in [-0.15, -0.1) is 0 Å². The molecular formula is C20H21N3O2. The summed E-state index contributed by atoms with van der Waals surface area (Å²) in [4.78, 5) is 12.4. The zero-order valence-electron chi connectivity index (χ0n) is 14.0. The maximum absolute atomic E-state index is 12.4. The van der Waals surface area contributed by atoms with Gasteiger partial charge < -0.3 is 9.73 Å². The van der Waals surface area contributed by atoms with Crippen molar-refractivity contribution in [3.8, 4) is 11.1 Å². The van der Waals surface area contributed by atoms with Gasteiger partial charge in [0.15, 0.2) is 0 Å². The highest BCUT2D eigenvalue weighted by Crippen LogP contribution is 2.31.